The lowest BCUT2D eigenvalue weighted by atomic mass is 9.85. The molecule has 0 bridgehead atoms. The largest absolute Gasteiger partial charge is 0.338 e. The van der Waals surface area contributed by atoms with Gasteiger partial charge in [-0.3, -0.25) is 4.79 Å². The second kappa shape index (κ2) is 6.10. The van der Waals surface area contributed by atoms with E-state index in [0.717, 1.165) is 24.6 Å². The highest BCUT2D eigenvalue weighted by Gasteiger charge is 2.39. The number of nitrogens with zero attached hydrogens (tertiary/aromatic N) is 1. The van der Waals surface area contributed by atoms with Crippen molar-refractivity contribution >= 4 is 17.7 Å². The summed E-state index contributed by atoms with van der Waals surface area (Å²) in [5.41, 5.74) is 6.00. The van der Waals surface area contributed by atoms with Crippen LogP contribution in [0.25, 0.3) is 0 Å². The Kier molecular flexibility index (Phi) is 4.74. The quantitative estimate of drug-likeness (QED) is 0.835. The molecule has 4 heteroatoms. The first-order chi connectivity index (χ1) is 8.24. The van der Waals surface area contributed by atoms with Gasteiger partial charge in [-0.1, -0.05) is 12.8 Å². The number of rotatable bonds is 4. The van der Waals surface area contributed by atoms with Crippen molar-refractivity contribution < 1.29 is 4.79 Å². The molecule has 1 amide bonds. The molecular formula is C13H24N2OS. The number of nitrogens with two attached hydrogens (primary N) is 1. The number of fused-ring (bicyclic) bond motifs is 1. The summed E-state index contributed by atoms with van der Waals surface area (Å²) in [6.07, 6.45) is 9.22. The molecule has 1 aliphatic heterocycles. The summed E-state index contributed by atoms with van der Waals surface area (Å²) in [6.45, 7) is 0.946. The zero-order valence-corrected chi connectivity index (χ0v) is 11.5. The molecule has 2 fully saturated rings. The second-order valence-electron chi connectivity index (χ2n) is 5.32. The van der Waals surface area contributed by atoms with E-state index in [4.69, 9.17) is 5.73 Å². The maximum absolute atomic E-state index is 12.3. The standard InChI is InChI=1S/C13H24N2OS/c1-17-9-7-11(14)13(16)15-8-6-10-4-2-3-5-12(10)15/h10-12H,2-9,14H2,1H3/t10?,11-,12?/m1/s1. The number of hydrogen-bond donors (Lipinski definition) is 1. The molecule has 2 aliphatic rings. The van der Waals surface area contributed by atoms with E-state index < -0.39 is 0 Å². The summed E-state index contributed by atoms with van der Waals surface area (Å²) in [5.74, 6) is 1.95. The van der Waals surface area contributed by atoms with Gasteiger partial charge >= 0.3 is 0 Å². The fraction of sp³-hybridized carbons (Fsp3) is 0.923. The van der Waals surface area contributed by atoms with Crippen LogP contribution in [0.2, 0.25) is 0 Å². The van der Waals surface area contributed by atoms with Gasteiger partial charge in [0.1, 0.15) is 0 Å². The third-order valence-corrected chi connectivity index (χ3v) is 4.89. The molecule has 1 saturated heterocycles. The highest BCUT2D eigenvalue weighted by atomic mass is 32.2. The third-order valence-electron chi connectivity index (χ3n) is 4.24. The summed E-state index contributed by atoms with van der Waals surface area (Å²) in [4.78, 5) is 14.4. The normalized spacial score (nSPS) is 30.1. The Balaban J connectivity index is 1.90. The van der Waals surface area contributed by atoms with Crippen molar-refractivity contribution in [2.75, 3.05) is 18.6 Å². The van der Waals surface area contributed by atoms with Gasteiger partial charge in [-0.25, -0.2) is 0 Å². The maximum Gasteiger partial charge on any atom is 0.239 e. The molecular weight excluding hydrogens is 232 g/mol. The third kappa shape index (κ3) is 2.97. The van der Waals surface area contributed by atoms with Crippen molar-refractivity contribution in [2.24, 2.45) is 11.7 Å². The van der Waals surface area contributed by atoms with Crippen molar-refractivity contribution in [3.8, 4) is 0 Å². The van der Waals surface area contributed by atoms with Crippen molar-refractivity contribution in [1.82, 2.24) is 4.90 Å². The fourth-order valence-corrected chi connectivity index (χ4v) is 3.75. The molecule has 2 N–H and O–H groups in total. The van der Waals surface area contributed by atoms with Crippen LogP contribution in [0.5, 0.6) is 0 Å². The lowest BCUT2D eigenvalue weighted by Gasteiger charge is -2.33. The first-order valence-corrected chi connectivity index (χ1v) is 8.18. The van der Waals surface area contributed by atoms with E-state index >= 15 is 0 Å². The lowest BCUT2D eigenvalue weighted by molar-refractivity contribution is -0.134. The second-order valence-corrected chi connectivity index (χ2v) is 6.31. The van der Waals surface area contributed by atoms with E-state index in [-0.39, 0.29) is 11.9 Å². The Bertz CT molecular complexity index is 272. The highest BCUT2D eigenvalue weighted by molar-refractivity contribution is 7.98. The average molecular weight is 256 g/mol. The Labute approximate surface area is 108 Å². The van der Waals surface area contributed by atoms with Gasteiger partial charge in [0.15, 0.2) is 0 Å². The minimum atomic E-state index is -0.275. The molecule has 0 spiro atoms. The first-order valence-electron chi connectivity index (χ1n) is 6.79. The van der Waals surface area contributed by atoms with Gasteiger partial charge in [-0.15, -0.1) is 0 Å². The molecule has 3 atom stereocenters. The van der Waals surface area contributed by atoms with Gasteiger partial charge in [0, 0.05) is 12.6 Å². The van der Waals surface area contributed by atoms with E-state index in [2.05, 4.69) is 11.2 Å². The summed E-state index contributed by atoms with van der Waals surface area (Å²) >= 11 is 1.76. The van der Waals surface area contributed by atoms with Gasteiger partial charge in [0.25, 0.3) is 0 Å². The van der Waals surface area contributed by atoms with Gasteiger partial charge < -0.3 is 10.6 Å². The highest BCUT2D eigenvalue weighted by Crippen LogP contribution is 2.36. The van der Waals surface area contributed by atoms with Crippen LogP contribution in [0.4, 0.5) is 0 Å². The molecule has 0 radical (unpaired) electrons. The summed E-state index contributed by atoms with van der Waals surface area (Å²) in [5, 5.41) is 0. The van der Waals surface area contributed by atoms with Gasteiger partial charge in [0.2, 0.25) is 5.91 Å². The van der Waals surface area contributed by atoms with Crippen LogP contribution in [-0.4, -0.2) is 41.4 Å². The van der Waals surface area contributed by atoms with Crippen molar-refractivity contribution in [2.45, 2.75) is 50.6 Å². The summed E-state index contributed by atoms with van der Waals surface area (Å²) in [7, 11) is 0. The van der Waals surface area contributed by atoms with Crippen LogP contribution in [0.1, 0.15) is 38.5 Å². The number of carbonyl (C=O) groups is 1. The molecule has 2 unspecified atom stereocenters. The number of hydrogen-bond acceptors (Lipinski definition) is 3. The Morgan fingerprint density at radius 2 is 2.18 bits per heavy atom. The average Bonchev–Trinajstić information content (AvgIpc) is 2.78. The number of likely N-dealkylation sites (tertiary alicyclic amines) is 1. The van der Waals surface area contributed by atoms with E-state index in [1.54, 1.807) is 11.8 Å². The number of carbonyl (C=O) groups excluding carboxylic acids is 1. The van der Waals surface area contributed by atoms with Crippen molar-refractivity contribution in [3.63, 3.8) is 0 Å². The van der Waals surface area contributed by atoms with Crippen LogP contribution < -0.4 is 5.73 Å². The van der Waals surface area contributed by atoms with Crippen molar-refractivity contribution in [3.05, 3.63) is 0 Å². The predicted molar refractivity (Wildman–Crippen MR) is 73.1 cm³/mol. The topological polar surface area (TPSA) is 46.3 Å². The Morgan fingerprint density at radius 3 is 2.94 bits per heavy atom. The molecule has 3 nitrogen and oxygen atoms in total. The molecule has 1 heterocycles. The summed E-state index contributed by atoms with van der Waals surface area (Å²) < 4.78 is 0. The van der Waals surface area contributed by atoms with Crippen molar-refractivity contribution in [1.29, 1.82) is 0 Å². The van der Waals surface area contributed by atoms with Crippen LogP contribution >= 0.6 is 11.8 Å². The van der Waals surface area contributed by atoms with Gasteiger partial charge in [-0.05, 0) is 43.6 Å². The van der Waals surface area contributed by atoms with Crippen LogP contribution in [0.15, 0.2) is 0 Å². The van der Waals surface area contributed by atoms with Crippen LogP contribution in [-0.2, 0) is 4.79 Å². The zero-order valence-electron chi connectivity index (χ0n) is 10.7. The Morgan fingerprint density at radius 1 is 1.41 bits per heavy atom. The molecule has 2 rings (SSSR count). The first kappa shape index (κ1) is 13.2. The maximum atomic E-state index is 12.3. The smallest absolute Gasteiger partial charge is 0.239 e. The molecule has 98 valence electrons. The van der Waals surface area contributed by atoms with Crippen LogP contribution in [0.3, 0.4) is 0 Å². The zero-order chi connectivity index (χ0) is 12.3. The predicted octanol–water partition coefficient (Wildman–Crippen LogP) is 1.86. The molecule has 1 aliphatic carbocycles. The molecule has 0 aromatic rings. The minimum absolute atomic E-state index is 0.202. The molecule has 17 heavy (non-hydrogen) atoms. The van der Waals surface area contributed by atoms with Crippen LogP contribution in [0, 0.1) is 5.92 Å². The lowest BCUT2D eigenvalue weighted by Crippen LogP contribution is -2.47. The number of amides is 1. The summed E-state index contributed by atoms with van der Waals surface area (Å²) in [6, 6.07) is 0.236. The molecule has 0 aromatic heterocycles. The number of thioether (sulfide) groups is 1. The van der Waals surface area contributed by atoms with E-state index in [1.165, 1.54) is 32.1 Å². The molecule has 0 aromatic carbocycles. The van der Waals surface area contributed by atoms with E-state index in [1.807, 2.05) is 0 Å². The Hall–Kier alpha value is -0.220. The monoisotopic (exact) mass is 256 g/mol. The van der Waals surface area contributed by atoms with E-state index in [0.29, 0.717) is 6.04 Å². The molecule has 1 saturated carbocycles. The van der Waals surface area contributed by atoms with E-state index in [9.17, 15) is 4.79 Å². The van der Waals surface area contributed by atoms with Gasteiger partial charge in [-0.2, -0.15) is 11.8 Å². The van der Waals surface area contributed by atoms with Gasteiger partial charge in [0.05, 0.1) is 6.04 Å². The minimum Gasteiger partial charge on any atom is -0.338 e. The SMILES string of the molecule is CSCC[C@@H](N)C(=O)N1CCC2CCCCC21. The fourth-order valence-electron chi connectivity index (χ4n) is 3.26.